The van der Waals surface area contributed by atoms with E-state index in [9.17, 15) is 9.59 Å². The molecular weight excluding hydrogens is 340 g/mol. The number of benzene rings is 1. The van der Waals surface area contributed by atoms with Gasteiger partial charge in [-0.2, -0.15) is 0 Å². The largest absolute Gasteiger partial charge is 0.496 e. The van der Waals surface area contributed by atoms with Crippen LogP contribution in [0, 0.1) is 0 Å². The van der Waals surface area contributed by atoms with Gasteiger partial charge >= 0.3 is 0 Å². The molecular formula is C22H28N2O3. The molecule has 0 aliphatic carbocycles. The van der Waals surface area contributed by atoms with Crippen molar-refractivity contribution in [2.75, 3.05) is 7.11 Å². The van der Waals surface area contributed by atoms with E-state index in [1.54, 1.807) is 19.3 Å². The Morgan fingerprint density at radius 2 is 1.96 bits per heavy atom. The summed E-state index contributed by atoms with van der Waals surface area (Å²) >= 11 is 0. The lowest BCUT2D eigenvalue weighted by Gasteiger charge is -2.06. The number of ether oxygens (including phenoxy) is 1. The van der Waals surface area contributed by atoms with Gasteiger partial charge in [-0.05, 0) is 25.0 Å². The molecule has 27 heavy (non-hydrogen) atoms. The topological polar surface area (TPSA) is 64.1 Å². The van der Waals surface area contributed by atoms with Crippen molar-refractivity contribution in [3.8, 4) is 5.75 Å². The van der Waals surface area contributed by atoms with Crippen molar-refractivity contribution in [3.05, 3.63) is 73.9 Å². The van der Waals surface area contributed by atoms with Gasteiger partial charge in [0.15, 0.2) is 0 Å². The Bertz CT molecular complexity index is 999. The van der Waals surface area contributed by atoms with E-state index in [4.69, 9.17) is 4.74 Å². The number of hydrogen-bond acceptors (Lipinski definition) is 3. The Hall–Kier alpha value is -2.82. The average molecular weight is 368 g/mol. The number of aromatic nitrogens is 2. The van der Waals surface area contributed by atoms with Gasteiger partial charge in [0.25, 0.3) is 11.1 Å². The second-order valence-corrected chi connectivity index (χ2v) is 6.40. The van der Waals surface area contributed by atoms with Crippen molar-refractivity contribution < 1.29 is 4.74 Å². The van der Waals surface area contributed by atoms with E-state index in [0.29, 0.717) is 11.1 Å². The Balaban J connectivity index is 2.57. The summed E-state index contributed by atoms with van der Waals surface area (Å²) in [5, 5.41) is 0.628. The van der Waals surface area contributed by atoms with E-state index in [2.05, 4.69) is 18.5 Å². The summed E-state index contributed by atoms with van der Waals surface area (Å²) < 4.78 is 6.79. The lowest BCUT2D eigenvalue weighted by Crippen LogP contribution is -2.53. The summed E-state index contributed by atoms with van der Waals surface area (Å²) in [6, 6.07) is 7.37. The number of nitrogens with zero attached hydrogens (tertiary/aromatic N) is 1. The predicted molar refractivity (Wildman–Crippen MR) is 111 cm³/mol. The van der Waals surface area contributed by atoms with Gasteiger partial charge in [-0.1, -0.05) is 56.5 Å². The molecule has 1 N–H and O–H groups in total. The summed E-state index contributed by atoms with van der Waals surface area (Å²) in [5.74, 6) is 0.640. The van der Waals surface area contributed by atoms with Crippen LogP contribution < -0.4 is 26.6 Å². The average Bonchev–Trinajstić information content (AvgIpc) is 2.68. The molecule has 0 aliphatic rings. The number of rotatable bonds is 9. The molecule has 0 saturated carbocycles. The van der Waals surface area contributed by atoms with Crippen molar-refractivity contribution in [3.63, 3.8) is 0 Å². The Morgan fingerprint density at radius 1 is 1.19 bits per heavy atom. The lowest BCUT2D eigenvalue weighted by molar-refractivity contribution is 0.414. The zero-order valence-corrected chi connectivity index (χ0v) is 16.2. The first-order valence-corrected chi connectivity index (χ1v) is 9.41. The zero-order valence-electron chi connectivity index (χ0n) is 16.2. The van der Waals surface area contributed by atoms with Crippen molar-refractivity contribution in [2.45, 2.75) is 45.6 Å². The Kier molecular flexibility index (Phi) is 7.86. The summed E-state index contributed by atoms with van der Waals surface area (Å²) in [5.41, 5.74) is 0.215. The molecule has 0 amide bonds. The number of unbranched alkanes of at least 4 members (excludes halogenated alkanes) is 4. The fourth-order valence-corrected chi connectivity index (χ4v) is 2.96. The van der Waals surface area contributed by atoms with Gasteiger partial charge in [-0.3, -0.25) is 14.2 Å². The molecule has 5 nitrogen and oxygen atoms in total. The van der Waals surface area contributed by atoms with Crippen LogP contribution in [0.15, 0.2) is 46.5 Å². The summed E-state index contributed by atoms with van der Waals surface area (Å²) in [6.45, 7) is 6.14. The Labute approximate surface area is 159 Å². The maximum atomic E-state index is 12.9. The van der Waals surface area contributed by atoms with Crippen LogP contribution in [0.1, 0.15) is 44.6 Å². The highest BCUT2D eigenvalue weighted by Gasteiger charge is 2.06. The van der Waals surface area contributed by atoms with Crippen molar-refractivity contribution in [1.82, 2.24) is 9.55 Å². The fraction of sp³-hybridized carbons (Fsp3) is 0.364. The first-order chi connectivity index (χ1) is 13.1. The molecule has 0 radical (unpaired) electrons. The lowest BCUT2D eigenvalue weighted by atomic mass is 10.1. The summed E-state index contributed by atoms with van der Waals surface area (Å²) in [4.78, 5) is 28.3. The van der Waals surface area contributed by atoms with Crippen molar-refractivity contribution >= 4 is 12.2 Å². The van der Waals surface area contributed by atoms with Gasteiger partial charge in [0.2, 0.25) is 0 Å². The zero-order chi connectivity index (χ0) is 19.6. The molecule has 1 heterocycles. The van der Waals surface area contributed by atoms with E-state index in [0.717, 1.165) is 31.2 Å². The number of H-pyrrole nitrogens is 1. The normalized spacial score (nSPS) is 12.4. The van der Waals surface area contributed by atoms with Crippen LogP contribution in [0.3, 0.4) is 0 Å². The molecule has 0 atom stereocenters. The smallest absolute Gasteiger partial charge is 0.274 e. The van der Waals surface area contributed by atoms with Gasteiger partial charge in [0.1, 0.15) is 16.4 Å². The third-order valence-electron chi connectivity index (χ3n) is 4.40. The minimum absolute atomic E-state index is 0.217. The van der Waals surface area contributed by atoms with E-state index >= 15 is 0 Å². The van der Waals surface area contributed by atoms with Crippen LogP contribution >= 0.6 is 0 Å². The fourth-order valence-electron chi connectivity index (χ4n) is 2.96. The molecule has 0 unspecified atom stereocenters. The van der Waals surface area contributed by atoms with Crippen LogP contribution in [0.2, 0.25) is 0 Å². The molecule has 2 aromatic rings. The minimum Gasteiger partial charge on any atom is -0.496 e. The molecule has 0 aliphatic heterocycles. The number of allylic oxidation sites excluding steroid dienone is 1. The quantitative estimate of drug-likeness (QED) is 0.546. The van der Waals surface area contributed by atoms with Crippen LogP contribution in [0.4, 0.5) is 0 Å². The number of nitrogens with one attached hydrogen (secondary N) is 1. The molecule has 1 aromatic heterocycles. The molecule has 0 fully saturated rings. The van der Waals surface area contributed by atoms with Gasteiger partial charge in [-0.15, -0.1) is 6.58 Å². The molecule has 0 spiro atoms. The van der Waals surface area contributed by atoms with Crippen molar-refractivity contribution in [1.29, 1.82) is 0 Å². The third-order valence-corrected chi connectivity index (χ3v) is 4.40. The highest BCUT2D eigenvalue weighted by Crippen LogP contribution is 2.17. The highest BCUT2D eigenvalue weighted by molar-refractivity contribution is 5.56. The van der Waals surface area contributed by atoms with E-state index in [1.807, 2.05) is 30.3 Å². The minimum atomic E-state index is -0.304. The molecule has 5 heteroatoms. The maximum absolute atomic E-state index is 12.9. The molecule has 144 valence electrons. The standard InChI is InChI=1S/C22H28N2O3/c1-4-6-7-8-9-13-18-22(26)24(15-5-2)19(21(25)23-18)16-17-12-10-11-14-20(17)27-3/h5,10-14,16H,2,4,6-9,15H2,1,3H3,(H,23,25)/b18-13-,19-16-. The van der Waals surface area contributed by atoms with Gasteiger partial charge in [-0.25, -0.2) is 0 Å². The predicted octanol–water partition coefficient (Wildman–Crippen LogP) is 2.31. The van der Waals surface area contributed by atoms with Crippen LogP contribution in [0.25, 0.3) is 12.2 Å². The number of aromatic amines is 1. The van der Waals surface area contributed by atoms with Crippen molar-refractivity contribution in [2.24, 2.45) is 0 Å². The molecule has 1 aromatic carbocycles. The first-order valence-electron chi connectivity index (χ1n) is 9.41. The monoisotopic (exact) mass is 368 g/mol. The van der Waals surface area contributed by atoms with Gasteiger partial charge in [0.05, 0.1) is 7.11 Å². The van der Waals surface area contributed by atoms with Crippen LogP contribution in [-0.2, 0) is 6.54 Å². The first kappa shape index (κ1) is 20.5. The van der Waals surface area contributed by atoms with E-state index < -0.39 is 0 Å². The molecule has 0 bridgehead atoms. The van der Waals surface area contributed by atoms with Crippen LogP contribution in [0.5, 0.6) is 5.75 Å². The highest BCUT2D eigenvalue weighted by atomic mass is 16.5. The summed E-state index contributed by atoms with van der Waals surface area (Å²) in [6.07, 6.45) is 10.4. The molecule has 0 saturated heterocycles. The third kappa shape index (κ3) is 5.33. The summed E-state index contributed by atoms with van der Waals surface area (Å²) in [7, 11) is 1.57. The number of hydrogen-bond donors (Lipinski definition) is 1. The molecule has 2 rings (SSSR count). The van der Waals surface area contributed by atoms with E-state index in [1.165, 1.54) is 11.0 Å². The van der Waals surface area contributed by atoms with Gasteiger partial charge < -0.3 is 9.72 Å². The van der Waals surface area contributed by atoms with E-state index in [-0.39, 0.29) is 23.0 Å². The number of methoxy groups -OCH3 is 1. The SMILES string of the molecule is C=CCn1c(=O)/c(=C/CCCCCC)[nH]c(=O)/c1=C/c1ccccc1OC. The van der Waals surface area contributed by atoms with Gasteiger partial charge in [0, 0.05) is 12.1 Å². The number of para-hydroxylation sites is 1. The Morgan fingerprint density at radius 3 is 2.67 bits per heavy atom. The second-order valence-electron chi connectivity index (χ2n) is 6.40. The second kappa shape index (κ2) is 10.4. The van der Waals surface area contributed by atoms with Crippen LogP contribution in [-0.4, -0.2) is 16.7 Å². The maximum Gasteiger partial charge on any atom is 0.274 e.